The summed E-state index contributed by atoms with van der Waals surface area (Å²) in [4.78, 5) is 29.2. The maximum absolute atomic E-state index is 13.0. The van der Waals surface area contributed by atoms with Crippen molar-refractivity contribution in [3.8, 4) is 11.5 Å². The van der Waals surface area contributed by atoms with E-state index in [9.17, 15) is 14.7 Å². The van der Waals surface area contributed by atoms with Gasteiger partial charge in [-0.05, 0) is 45.3 Å². The van der Waals surface area contributed by atoms with Gasteiger partial charge in [0, 0.05) is 13.1 Å². The van der Waals surface area contributed by atoms with E-state index < -0.39 is 17.7 Å². The number of furan rings is 1. The van der Waals surface area contributed by atoms with Crippen molar-refractivity contribution in [2.45, 2.75) is 13.0 Å². The number of carbonyl (C=O) groups is 2. The minimum atomic E-state index is -0.853. The molecule has 0 radical (unpaired) electrons. The number of ether oxygens (including phenoxy) is 2. The van der Waals surface area contributed by atoms with E-state index in [4.69, 9.17) is 13.9 Å². The van der Waals surface area contributed by atoms with Crippen molar-refractivity contribution >= 4 is 17.4 Å². The Morgan fingerprint density at radius 1 is 1.13 bits per heavy atom. The van der Waals surface area contributed by atoms with Crippen LogP contribution in [0, 0.1) is 6.92 Å². The molecule has 30 heavy (non-hydrogen) atoms. The molecule has 160 valence electrons. The van der Waals surface area contributed by atoms with E-state index in [0.29, 0.717) is 36.1 Å². The van der Waals surface area contributed by atoms with Gasteiger partial charge in [0.25, 0.3) is 11.7 Å². The van der Waals surface area contributed by atoms with Crippen LogP contribution in [0.4, 0.5) is 0 Å². The van der Waals surface area contributed by atoms with Crippen molar-refractivity contribution in [3.63, 3.8) is 0 Å². The fourth-order valence-corrected chi connectivity index (χ4v) is 3.53. The lowest BCUT2D eigenvalue weighted by atomic mass is 9.98. The maximum Gasteiger partial charge on any atom is 0.295 e. The molecule has 1 aliphatic heterocycles. The number of amides is 1. The SMILES string of the molecule is COc1cccc(OC)c1/C(O)=C1\C(=O)C(=O)N(CCN(C)C)C1c1ccc(C)o1. The Bertz CT molecular complexity index is 969. The lowest BCUT2D eigenvalue weighted by Gasteiger charge is -2.25. The largest absolute Gasteiger partial charge is 0.506 e. The Labute approximate surface area is 175 Å². The summed E-state index contributed by atoms with van der Waals surface area (Å²) >= 11 is 0. The topological polar surface area (TPSA) is 92.4 Å². The van der Waals surface area contributed by atoms with Gasteiger partial charge in [0.1, 0.15) is 40.4 Å². The average molecular weight is 414 g/mol. The molecule has 1 N–H and O–H groups in total. The first kappa shape index (κ1) is 21.4. The highest BCUT2D eigenvalue weighted by molar-refractivity contribution is 6.46. The van der Waals surface area contributed by atoms with Gasteiger partial charge in [-0.3, -0.25) is 9.59 Å². The van der Waals surface area contributed by atoms with E-state index in [1.807, 2.05) is 19.0 Å². The zero-order valence-electron chi connectivity index (χ0n) is 17.8. The van der Waals surface area contributed by atoms with Crippen molar-refractivity contribution < 1.29 is 28.6 Å². The zero-order chi connectivity index (χ0) is 22.0. The number of aliphatic hydroxyl groups excluding tert-OH is 1. The number of nitrogens with zero attached hydrogens (tertiary/aromatic N) is 2. The molecule has 8 nitrogen and oxygen atoms in total. The molecule has 8 heteroatoms. The average Bonchev–Trinajstić information content (AvgIpc) is 3.26. The van der Waals surface area contributed by atoms with Crippen LogP contribution < -0.4 is 9.47 Å². The first-order chi connectivity index (χ1) is 14.3. The second-order valence-corrected chi connectivity index (χ2v) is 7.28. The Morgan fingerprint density at radius 2 is 1.77 bits per heavy atom. The highest BCUT2D eigenvalue weighted by Gasteiger charge is 2.48. The van der Waals surface area contributed by atoms with Crippen LogP contribution >= 0.6 is 0 Å². The summed E-state index contributed by atoms with van der Waals surface area (Å²) in [6.45, 7) is 2.61. The number of benzene rings is 1. The number of likely N-dealkylation sites (tertiary alicyclic amines) is 1. The fourth-order valence-electron chi connectivity index (χ4n) is 3.53. The predicted molar refractivity (Wildman–Crippen MR) is 111 cm³/mol. The monoisotopic (exact) mass is 414 g/mol. The standard InChI is InChI=1S/C22H26N2O6/c1-13-9-10-16(30-13)19-18(21(26)22(27)24(19)12-11-23(2)3)20(25)17-14(28-4)7-6-8-15(17)29-5/h6-10,19,25H,11-12H2,1-5H3/b20-18+. The Hall–Kier alpha value is -3.26. The molecule has 3 rings (SSSR count). The van der Waals surface area contributed by atoms with Crippen LogP contribution in [0.5, 0.6) is 11.5 Å². The number of rotatable bonds is 7. The van der Waals surface area contributed by atoms with E-state index in [1.165, 1.54) is 19.1 Å². The van der Waals surface area contributed by atoms with E-state index >= 15 is 0 Å². The first-order valence-corrected chi connectivity index (χ1v) is 9.51. The van der Waals surface area contributed by atoms with Crippen LogP contribution in [0.15, 0.2) is 40.3 Å². The summed E-state index contributed by atoms with van der Waals surface area (Å²) in [5, 5.41) is 11.2. The third-order valence-electron chi connectivity index (χ3n) is 5.02. The normalized spacial score (nSPS) is 18.3. The van der Waals surface area contributed by atoms with E-state index in [1.54, 1.807) is 37.3 Å². The molecule has 1 aromatic carbocycles. The third-order valence-corrected chi connectivity index (χ3v) is 5.02. The van der Waals surface area contributed by atoms with Crippen molar-refractivity contribution in [1.82, 2.24) is 9.80 Å². The fraction of sp³-hybridized carbons (Fsp3) is 0.364. The number of carbonyl (C=O) groups excluding carboxylic acids is 2. The van der Waals surface area contributed by atoms with Crippen LogP contribution in [-0.2, 0) is 9.59 Å². The number of methoxy groups -OCH3 is 2. The van der Waals surface area contributed by atoms with Crippen molar-refractivity contribution in [2.24, 2.45) is 0 Å². The summed E-state index contributed by atoms with van der Waals surface area (Å²) < 4.78 is 16.5. The van der Waals surface area contributed by atoms with Crippen LogP contribution in [0.25, 0.3) is 5.76 Å². The van der Waals surface area contributed by atoms with Crippen LogP contribution in [0.2, 0.25) is 0 Å². The van der Waals surface area contributed by atoms with Crippen LogP contribution in [0.3, 0.4) is 0 Å². The molecule has 1 atom stereocenters. The van der Waals surface area contributed by atoms with E-state index in [2.05, 4.69) is 0 Å². The van der Waals surface area contributed by atoms with E-state index in [-0.39, 0.29) is 16.9 Å². The van der Waals surface area contributed by atoms with Crippen LogP contribution in [-0.4, -0.2) is 68.0 Å². The van der Waals surface area contributed by atoms with Gasteiger partial charge < -0.3 is 28.8 Å². The van der Waals surface area contributed by atoms with Gasteiger partial charge in [-0.1, -0.05) is 6.07 Å². The molecule has 1 aliphatic rings. The lowest BCUT2D eigenvalue weighted by molar-refractivity contribution is -0.140. The molecule has 2 aromatic rings. The number of aryl methyl sites for hydroxylation is 1. The van der Waals surface area contributed by atoms with Gasteiger partial charge in [0.2, 0.25) is 0 Å². The molecule has 0 saturated carbocycles. The third kappa shape index (κ3) is 3.78. The predicted octanol–water partition coefficient (Wildman–Crippen LogP) is 2.59. The molecule has 1 unspecified atom stereocenters. The minimum Gasteiger partial charge on any atom is -0.506 e. The Balaban J connectivity index is 2.22. The summed E-state index contributed by atoms with van der Waals surface area (Å²) in [5.41, 5.74) is 0.150. The molecule has 2 heterocycles. The molecular weight excluding hydrogens is 388 g/mol. The van der Waals surface area contributed by atoms with Gasteiger partial charge in [-0.25, -0.2) is 0 Å². The zero-order valence-corrected chi connectivity index (χ0v) is 17.8. The summed E-state index contributed by atoms with van der Waals surface area (Å²) in [6, 6.07) is 7.61. The highest BCUT2D eigenvalue weighted by Crippen LogP contribution is 2.43. The maximum atomic E-state index is 13.0. The Kier molecular flexibility index (Phi) is 6.17. The molecular formula is C22H26N2O6. The van der Waals surface area contributed by atoms with Gasteiger partial charge in [0.15, 0.2) is 0 Å². The number of Topliss-reactive ketones (excluding diaryl/α,β-unsaturated/α-hetero) is 1. The molecule has 1 fully saturated rings. The quantitative estimate of drug-likeness (QED) is 0.423. The van der Waals surface area contributed by atoms with Gasteiger partial charge in [-0.15, -0.1) is 0 Å². The van der Waals surface area contributed by atoms with Gasteiger partial charge >= 0.3 is 0 Å². The second-order valence-electron chi connectivity index (χ2n) is 7.28. The molecule has 1 saturated heterocycles. The number of hydrogen-bond acceptors (Lipinski definition) is 7. The molecule has 0 bridgehead atoms. The summed E-state index contributed by atoms with van der Waals surface area (Å²) in [5.74, 6) is -0.154. The lowest BCUT2D eigenvalue weighted by Crippen LogP contribution is -2.35. The number of likely N-dealkylation sites (N-methyl/N-ethyl adjacent to an activating group) is 1. The van der Waals surface area contributed by atoms with Gasteiger partial charge in [0.05, 0.1) is 19.8 Å². The van der Waals surface area contributed by atoms with E-state index in [0.717, 1.165) is 0 Å². The highest BCUT2D eigenvalue weighted by atomic mass is 16.5. The number of aliphatic hydroxyl groups is 1. The number of hydrogen-bond donors (Lipinski definition) is 1. The van der Waals surface area contributed by atoms with Crippen LogP contribution in [0.1, 0.15) is 23.1 Å². The van der Waals surface area contributed by atoms with Gasteiger partial charge in [-0.2, -0.15) is 0 Å². The number of ketones is 1. The summed E-state index contributed by atoms with van der Waals surface area (Å²) in [7, 11) is 6.66. The second kappa shape index (κ2) is 8.62. The van der Waals surface area contributed by atoms with Crippen molar-refractivity contribution in [1.29, 1.82) is 0 Å². The van der Waals surface area contributed by atoms with Crippen molar-refractivity contribution in [3.05, 3.63) is 53.0 Å². The first-order valence-electron chi connectivity index (χ1n) is 9.51. The molecule has 1 amide bonds. The summed E-state index contributed by atoms with van der Waals surface area (Å²) in [6.07, 6.45) is 0. The van der Waals surface area contributed by atoms with Crippen molar-refractivity contribution in [2.75, 3.05) is 41.4 Å². The minimum absolute atomic E-state index is 0.0593. The Morgan fingerprint density at radius 3 is 2.27 bits per heavy atom. The molecule has 1 aromatic heterocycles. The smallest absolute Gasteiger partial charge is 0.295 e. The molecule has 0 spiro atoms. The molecule has 0 aliphatic carbocycles.